The van der Waals surface area contributed by atoms with Crippen LogP contribution < -0.4 is 0 Å². The Morgan fingerprint density at radius 2 is 1.38 bits per heavy atom. The van der Waals surface area contributed by atoms with E-state index >= 15 is 0 Å². The van der Waals surface area contributed by atoms with E-state index in [4.69, 9.17) is 0 Å². The maximum absolute atomic E-state index is 12.8. The maximum Gasteiger partial charge on any atom is 0.416 e. The fourth-order valence-electron chi connectivity index (χ4n) is 1.74. The fraction of sp³-hybridized carbons (Fsp3) is 0.154. The van der Waals surface area contributed by atoms with Gasteiger partial charge in [-0.1, -0.05) is 0 Å². The van der Waals surface area contributed by atoms with Crippen LogP contribution in [0.15, 0.2) is 44.7 Å². The molecule has 0 aliphatic rings. The zero-order valence-corrected chi connectivity index (χ0v) is 12.1. The Kier molecular flexibility index (Phi) is 4.25. The van der Waals surface area contributed by atoms with Crippen LogP contribution in [0.3, 0.4) is 0 Å². The molecule has 2 aromatic rings. The second-order valence-corrected chi connectivity index (χ2v) is 6.40. The number of alkyl halides is 6. The lowest BCUT2D eigenvalue weighted by atomic mass is 10.1. The highest BCUT2D eigenvalue weighted by Gasteiger charge is 2.38. The number of halogens is 6. The molecule has 1 aromatic heterocycles. The first-order chi connectivity index (χ1) is 10.9. The summed E-state index contributed by atoms with van der Waals surface area (Å²) in [5.74, 6) is -0.448. The molecule has 0 aliphatic heterocycles. The van der Waals surface area contributed by atoms with Gasteiger partial charge in [0.25, 0.3) is 0 Å². The van der Waals surface area contributed by atoms with E-state index in [1.807, 2.05) is 0 Å². The van der Waals surface area contributed by atoms with E-state index in [1.165, 1.54) is 0 Å². The first kappa shape index (κ1) is 18.0. The third kappa shape index (κ3) is 3.45. The Balaban J connectivity index is 2.70. The van der Waals surface area contributed by atoms with Crippen molar-refractivity contribution in [1.29, 1.82) is 0 Å². The summed E-state index contributed by atoms with van der Waals surface area (Å²) in [5, 5.41) is -0.947. The van der Waals surface area contributed by atoms with E-state index < -0.39 is 49.1 Å². The minimum Gasteiger partial charge on any atom is -0.442 e. The number of hydrogen-bond acceptors (Lipinski definition) is 4. The molecule has 0 amide bonds. The lowest BCUT2D eigenvalue weighted by Crippen LogP contribution is -2.13. The molecule has 1 heterocycles. The summed E-state index contributed by atoms with van der Waals surface area (Å²) in [5.41, 5.74) is -3.56. The molecular formula is C13H6F6O4S. The van der Waals surface area contributed by atoms with Crippen LogP contribution in [0.4, 0.5) is 26.3 Å². The van der Waals surface area contributed by atoms with Gasteiger partial charge < -0.3 is 4.42 Å². The molecular weight excluding hydrogens is 366 g/mol. The Labute approximate surface area is 130 Å². The SMILES string of the molecule is O=Cc1ccc(S(=O)(=O)c2cc(C(F)(F)F)cc(C(F)(F)F)c2)o1. The van der Waals surface area contributed by atoms with Crippen molar-refractivity contribution in [2.45, 2.75) is 22.3 Å². The van der Waals surface area contributed by atoms with E-state index in [0.717, 1.165) is 12.1 Å². The van der Waals surface area contributed by atoms with Gasteiger partial charge in [0, 0.05) is 0 Å². The number of rotatable bonds is 3. The van der Waals surface area contributed by atoms with Crippen LogP contribution in [0.25, 0.3) is 0 Å². The zero-order valence-electron chi connectivity index (χ0n) is 11.3. The monoisotopic (exact) mass is 372 g/mol. The summed E-state index contributed by atoms with van der Waals surface area (Å²) < 4.78 is 105. The van der Waals surface area contributed by atoms with Crippen molar-refractivity contribution in [3.05, 3.63) is 47.2 Å². The molecule has 0 fully saturated rings. The fourth-order valence-corrected chi connectivity index (χ4v) is 2.99. The Morgan fingerprint density at radius 3 is 1.75 bits per heavy atom. The highest BCUT2D eigenvalue weighted by atomic mass is 32.2. The van der Waals surface area contributed by atoms with Crippen molar-refractivity contribution >= 4 is 16.1 Å². The Hall–Kier alpha value is -2.30. The molecule has 1 aromatic carbocycles. The lowest BCUT2D eigenvalue weighted by Gasteiger charge is -2.13. The normalized spacial score (nSPS) is 13.1. The summed E-state index contributed by atoms with van der Waals surface area (Å²) in [6, 6.07) is 1.60. The molecule has 2 rings (SSSR count). The molecule has 0 unspecified atom stereocenters. The summed E-state index contributed by atoms with van der Waals surface area (Å²) in [6.07, 6.45) is -10.3. The summed E-state index contributed by atoms with van der Waals surface area (Å²) >= 11 is 0. The number of carbonyl (C=O) groups excluding carboxylic acids is 1. The predicted molar refractivity (Wildman–Crippen MR) is 66.0 cm³/mol. The molecule has 0 aliphatic carbocycles. The van der Waals surface area contributed by atoms with Crippen LogP contribution in [-0.4, -0.2) is 14.7 Å². The first-order valence-electron chi connectivity index (χ1n) is 5.95. The Morgan fingerprint density at radius 1 is 0.875 bits per heavy atom. The van der Waals surface area contributed by atoms with Crippen molar-refractivity contribution in [3.8, 4) is 0 Å². The van der Waals surface area contributed by atoms with E-state index in [2.05, 4.69) is 4.42 Å². The molecule has 0 atom stereocenters. The molecule has 130 valence electrons. The van der Waals surface area contributed by atoms with Crippen LogP contribution in [0.2, 0.25) is 0 Å². The smallest absolute Gasteiger partial charge is 0.416 e. The topological polar surface area (TPSA) is 64.3 Å². The van der Waals surface area contributed by atoms with Crippen molar-refractivity contribution < 1.29 is 44.0 Å². The van der Waals surface area contributed by atoms with Gasteiger partial charge in [-0.2, -0.15) is 26.3 Å². The quantitative estimate of drug-likeness (QED) is 0.604. The van der Waals surface area contributed by atoms with Gasteiger partial charge in [-0.3, -0.25) is 4.79 Å². The number of carbonyl (C=O) groups is 1. The van der Waals surface area contributed by atoms with Crippen molar-refractivity contribution in [2.75, 3.05) is 0 Å². The van der Waals surface area contributed by atoms with Crippen LogP contribution >= 0.6 is 0 Å². The minimum atomic E-state index is -5.19. The van der Waals surface area contributed by atoms with Crippen molar-refractivity contribution in [2.24, 2.45) is 0 Å². The lowest BCUT2D eigenvalue weighted by molar-refractivity contribution is -0.143. The number of sulfone groups is 1. The van der Waals surface area contributed by atoms with Crippen LogP contribution in [0, 0.1) is 0 Å². The number of benzene rings is 1. The molecule has 0 spiro atoms. The van der Waals surface area contributed by atoms with Crippen LogP contribution in [-0.2, 0) is 22.2 Å². The molecule has 0 N–H and O–H groups in total. The van der Waals surface area contributed by atoms with Crippen LogP contribution in [0.5, 0.6) is 0 Å². The average Bonchev–Trinajstić information content (AvgIpc) is 2.94. The van der Waals surface area contributed by atoms with Gasteiger partial charge in [-0.15, -0.1) is 0 Å². The summed E-state index contributed by atoms with van der Waals surface area (Å²) in [6.45, 7) is 0. The largest absolute Gasteiger partial charge is 0.442 e. The van der Waals surface area contributed by atoms with Gasteiger partial charge in [0.1, 0.15) is 0 Å². The van der Waals surface area contributed by atoms with E-state index in [0.29, 0.717) is 0 Å². The second kappa shape index (κ2) is 5.65. The number of aldehydes is 1. The molecule has 11 heteroatoms. The maximum atomic E-state index is 12.8. The molecule has 4 nitrogen and oxygen atoms in total. The molecule has 0 saturated heterocycles. The van der Waals surface area contributed by atoms with E-state index in [-0.39, 0.29) is 24.5 Å². The van der Waals surface area contributed by atoms with E-state index in [1.54, 1.807) is 0 Å². The third-order valence-corrected chi connectivity index (χ3v) is 4.46. The van der Waals surface area contributed by atoms with E-state index in [9.17, 15) is 39.6 Å². The summed E-state index contributed by atoms with van der Waals surface area (Å²) in [4.78, 5) is 9.22. The number of hydrogen-bond donors (Lipinski definition) is 0. The zero-order chi connectivity index (χ0) is 18.3. The standard InChI is InChI=1S/C13H6F6O4S/c14-12(15,16)7-3-8(13(17,18)19)5-10(4-7)24(21,22)11-2-1-9(6-20)23-11/h1-6H. The molecule has 0 saturated carbocycles. The van der Waals surface area contributed by atoms with Gasteiger partial charge in [0.05, 0.1) is 16.0 Å². The second-order valence-electron chi connectivity index (χ2n) is 4.52. The van der Waals surface area contributed by atoms with Gasteiger partial charge in [-0.05, 0) is 30.3 Å². The Bertz CT molecular complexity index is 844. The van der Waals surface area contributed by atoms with Crippen LogP contribution in [0.1, 0.15) is 21.7 Å². The average molecular weight is 372 g/mol. The van der Waals surface area contributed by atoms with Gasteiger partial charge in [0.15, 0.2) is 12.0 Å². The van der Waals surface area contributed by atoms with Crippen molar-refractivity contribution in [3.63, 3.8) is 0 Å². The molecule has 24 heavy (non-hydrogen) atoms. The highest BCUT2D eigenvalue weighted by Crippen LogP contribution is 2.38. The third-order valence-electron chi connectivity index (χ3n) is 2.85. The van der Waals surface area contributed by atoms with Gasteiger partial charge in [0.2, 0.25) is 14.9 Å². The summed E-state index contributed by atoms with van der Waals surface area (Å²) in [7, 11) is -4.82. The number of furan rings is 1. The first-order valence-corrected chi connectivity index (χ1v) is 7.43. The molecule has 0 bridgehead atoms. The minimum absolute atomic E-state index is 0.0632. The van der Waals surface area contributed by atoms with Crippen molar-refractivity contribution in [1.82, 2.24) is 0 Å². The van der Waals surface area contributed by atoms with Gasteiger partial charge >= 0.3 is 12.4 Å². The van der Waals surface area contributed by atoms with Gasteiger partial charge in [-0.25, -0.2) is 8.42 Å². The predicted octanol–water partition coefficient (Wildman–Crippen LogP) is 3.96. The highest BCUT2D eigenvalue weighted by molar-refractivity contribution is 7.91. The molecule has 0 radical (unpaired) electrons.